The Morgan fingerprint density at radius 1 is 1.03 bits per heavy atom. The molecule has 0 atom stereocenters. The van der Waals surface area contributed by atoms with E-state index in [-0.39, 0.29) is 11.3 Å². The highest BCUT2D eigenvalue weighted by molar-refractivity contribution is 9.10. The molecule has 0 aromatic heterocycles. The van der Waals surface area contributed by atoms with Gasteiger partial charge in [-0.25, -0.2) is 9.69 Å². The van der Waals surface area contributed by atoms with Gasteiger partial charge < -0.3 is 9.47 Å². The molecule has 184 valence electrons. The summed E-state index contributed by atoms with van der Waals surface area (Å²) < 4.78 is 13.0. The first-order valence-electron chi connectivity index (χ1n) is 10.6. The van der Waals surface area contributed by atoms with Gasteiger partial charge in [-0.1, -0.05) is 45.7 Å². The van der Waals surface area contributed by atoms with E-state index in [0.29, 0.717) is 33.2 Å². The number of anilines is 1. The van der Waals surface area contributed by atoms with E-state index in [1.807, 2.05) is 24.3 Å². The lowest BCUT2D eigenvalue weighted by Gasteiger charge is -2.26. The van der Waals surface area contributed by atoms with Crippen molar-refractivity contribution in [1.29, 1.82) is 0 Å². The number of benzene rings is 3. The predicted octanol–water partition coefficient (Wildman–Crippen LogP) is 6.43. The van der Waals surface area contributed by atoms with Gasteiger partial charge in [0, 0.05) is 9.50 Å². The number of amides is 4. The molecule has 4 rings (SSSR count). The minimum absolute atomic E-state index is 0.219. The van der Waals surface area contributed by atoms with E-state index in [2.05, 4.69) is 37.2 Å². The first-order valence-corrected chi connectivity index (χ1v) is 12.6. The second-order valence-corrected chi connectivity index (χ2v) is 10.0. The molecular weight excluding hydrogens is 616 g/mol. The quantitative estimate of drug-likeness (QED) is 0.250. The number of methoxy groups -OCH3 is 1. The van der Waals surface area contributed by atoms with Crippen LogP contribution >= 0.6 is 43.5 Å². The molecule has 0 spiro atoms. The molecule has 0 aliphatic carbocycles. The van der Waals surface area contributed by atoms with Crippen molar-refractivity contribution < 1.29 is 23.9 Å². The first-order chi connectivity index (χ1) is 17.2. The number of barbiturate groups is 1. The van der Waals surface area contributed by atoms with Crippen molar-refractivity contribution in [1.82, 2.24) is 5.32 Å². The van der Waals surface area contributed by atoms with Gasteiger partial charge in [-0.05, 0) is 82.0 Å². The minimum Gasteiger partial charge on any atom is -0.493 e. The van der Waals surface area contributed by atoms with Crippen molar-refractivity contribution in [3.63, 3.8) is 0 Å². The van der Waals surface area contributed by atoms with Crippen molar-refractivity contribution in [2.24, 2.45) is 0 Å². The Morgan fingerprint density at radius 2 is 1.75 bits per heavy atom. The average molecular weight is 635 g/mol. The molecule has 3 aromatic rings. The van der Waals surface area contributed by atoms with E-state index in [9.17, 15) is 14.4 Å². The number of halogens is 3. The van der Waals surface area contributed by atoms with Crippen LogP contribution in [0.15, 0.2) is 69.1 Å². The van der Waals surface area contributed by atoms with Crippen molar-refractivity contribution in [3.8, 4) is 11.5 Å². The summed E-state index contributed by atoms with van der Waals surface area (Å²) in [5.41, 5.74) is 2.27. The van der Waals surface area contributed by atoms with Crippen LogP contribution in [0.5, 0.6) is 11.5 Å². The van der Waals surface area contributed by atoms with Gasteiger partial charge in [0.15, 0.2) is 11.5 Å². The molecule has 0 bridgehead atoms. The third-order valence-electron chi connectivity index (χ3n) is 5.37. The minimum atomic E-state index is -0.850. The summed E-state index contributed by atoms with van der Waals surface area (Å²) in [6, 6.07) is 15.0. The third kappa shape index (κ3) is 5.48. The summed E-state index contributed by atoms with van der Waals surface area (Å²) in [6.07, 6.45) is 1.39. The SMILES string of the molecule is COc1cc(/C=C2/C(=O)NC(=O)N(c3ccc(C)c(Cl)c3)C2=O)cc(Br)c1OCc1ccc(Br)cc1. The van der Waals surface area contributed by atoms with E-state index < -0.39 is 17.8 Å². The van der Waals surface area contributed by atoms with Crippen LogP contribution in [0.1, 0.15) is 16.7 Å². The van der Waals surface area contributed by atoms with Crippen LogP contribution in [0.25, 0.3) is 6.08 Å². The highest BCUT2D eigenvalue weighted by Crippen LogP contribution is 2.38. The van der Waals surface area contributed by atoms with Gasteiger partial charge in [0.1, 0.15) is 12.2 Å². The summed E-state index contributed by atoms with van der Waals surface area (Å²) in [4.78, 5) is 39.1. The normalized spacial score (nSPS) is 14.8. The summed E-state index contributed by atoms with van der Waals surface area (Å²) in [6.45, 7) is 2.11. The van der Waals surface area contributed by atoms with Gasteiger partial charge in [0.05, 0.1) is 17.3 Å². The Morgan fingerprint density at radius 3 is 2.42 bits per heavy atom. The molecule has 1 saturated heterocycles. The van der Waals surface area contributed by atoms with E-state index in [0.717, 1.165) is 20.5 Å². The Hall–Kier alpha value is -3.14. The Bertz CT molecular complexity index is 1410. The zero-order valence-electron chi connectivity index (χ0n) is 19.1. The van der Waals surface area contributed by atoms with Crippen LogP contribution in [-0.4, -0.2) is 25.0 Å². The van der Waals surface area contributed by atoms with Gasteiger partial charge in [0.2, 0.25) is 0 Å². The smallest absolute Gasteiger partial charge is 0.335 e. The van der Waals surface area contributed by atoms with Gasteiger partial charge in [-0.15, -0.1) is 0 Å². The molecule has 1 aliphatic heterocycles. The molecule has 4 amide bonds. The van der Waals surface area contributed by atoms with Crippen LogP contribution in [0.3, 0.4) is 0 Å². The maximum Gasteiger partial charge on any atom is 0.335 e. The van der Waals surface area contributed by atoms with Crippen LogP contribution in [-0.2, 0) is 16.2 Å². The molecule has 0 radical (unpaired) electrons. The molecule has 1 heterocycles. The average Bonchev–Trinajstić information content (AvgIpc) is 2.84. The lowest BCUT2D eigenvalue weighted by Crippen LogP contribution is -2.54. The number of rotatable bonds is 6. The monoisotopic (exact) mass is 632 g/mol. The molecule has 0 unspecified atom stereocenters. The van der Waals surface area contributed by atoms with Crippen LogP contribution in [0.2, 0.25) is 5.02 Å². The molecule has 10 heteroatoms. The standard InChI is InChI=1S/C26H19Br2ClN2O5/c1-14-3-8-18(12-21(14)29)31-25(33)19(24(32)30-26(31)34)9-16-10-20(28)23(22(11-16)35-2)36-13-15-4-6-17(27)7-5-15/h3-12H,13H2,1-2H3,(H,30,32,34)/b19-9-. The number of carbonyl (C=O) groups excluding carboxylic acids is 3. The zero-order chi connectivity index (χ0) is 26.0. The topological polar surface area (TPSA) is 84.9 Å². The van der Waals surface area contributed by atoms with Crippen molar-refractivity contribution in [2.75, 3.05) is 12.0 Å². The van der Waals surface area contributed by atoms with E-state index in [1.54, 1.807) is 31.2 Å². The fraction of sp³-hybridized carbons (Fsp3) is 0.115. The number of carbonyl (C=O) groups is 3. The first kappa shape index (κ1) is 25.9. The molecule has 1 N–H and O–H groups in total. The second-order valence-electron chi connectivity index (χ2n) is 7.84. The summed E-state index contributed by atoms with van der Waals surface area (Å²) in [5, 5.41) is 2.60. The van der Waals surface area contributed by atoms with Crippen LogP contribution in [0, 0.1) is 6.92 Å². The number of hydrogen-bond acceptors (Lipinski definition) is 5. The number of urea groups is 1. The number of ether oxygens (including phenoxy) is 2. The van der Waals surface area contributed by atoms with Gasteiger partial charge >= 0.3 is 6.03 Å². The van der Waals surface area contributed by atoms with Crippen LogP contribution < -0.4 is 19.7 Å². The highest BCUT2D eigenvalue weighted by Gasteiger charge is 2.37. The molecule has 1 fully saturated rings. The maximum absolute atomic E-state index is 13.2. The fourth-order valence-electron chi connectivity index (χ4n) is 3.48. The van der Waals surface area contributed by atoms with Gasteiger partial charge in [-0.2, -0.15) is 0 Å². The lowest BCUT2D eigenvalue weighted by molar-refractivity contribution is -0.122. The molecule has 1 aliphatic rings. The molecule has 36 heavy (non-hydrogen) atoms. The summed E-state index contributed by atoms with van der Waals surface area (Å²) >= 11 is 13.1. The largest absolute Gasteiger partial charge is 0.493 e. The molecule has 3 aromatic carbocycles. The maximum atomic E-state index is 13.2. The third-order valence-corrected chi connectivity index (χ3v) is 6.90. The van der Waals surface area contributed by atoms with Crippen molar-refractivity contribution in [3.05, 3.63) is 90.8 Å². The number of nitrogens with one attached hydrogen (secondary N) is 1. The second kappa shape index (κ2) is 10.9. The predicted molar refractivity (Wildman–Crippen MR) is 144 cm³/mol. The Balaban J connectivity index is 1.64. The van der Waals surface area contributed by atoms with Gasteiger partial charge in [0.25, 0.3) is 11.8 Å². The van der Waals surface area contributed by atoms with Gasteiger partial charge in [-0.3, -0.25) is 14.9 Å². The number of hydrogen-bond donors (Lipinski definition) is 1. The van der Waals surface area contributed by atoms with E-state index in [4.69, 9.17) is 21.1 Å². The van der Waals surface area contributed by atoms with Crippen molar-refractivity contribution in [2.45, 2.75) is 13.5 Å². The summed E-state index contributed by atoms with van der Waals surface area (Å²) in [5.74, 6) is -0.706. The number of imide groups is 2. The fourth-order valence-corrected chi connectivity index (χ4v) is 4.49. The number of nitrogens with zero attached hydrogens (tertiary/aromatic N) is 1. The van der Waals surface area contributed by atoms with Crippen molar-refractivity contribution >= 4 is 73.1 Å². The van der Waals surface area contributed by atoms with E-state index >= 15 is 0 Å². The summed E-state index contributed by atoms with van der Waals surface area (Å²) in [7, 11) is 1.49. The molecule has 7 nitrogen and oxygen atoms in total. The molecule has 0 saturated carbocycles. The Labute approximate surface area is 229 Å². The lowest BCUT2D eigenvalue weighted by atomic mass is 10.1. The zero-order valence-corrected chi connectivity index (χ0v) is 23.0. The van der Waals surface area contributed by atoms with Crippen LogP contribution in [0.4, 0.5) is 10.5 Å². The highest BCUT2D eigenvalue weighted by atomic mass is 79.9. The molecular formula is C26H19Br2ClN2O5. The van der Waals surface area contributed by atoms with E-state index in [1.165, 1.54) is 19.3 Å². The Kier molecular flexibility index (Phi) is 7.82. The number of aryl methyl sites for hydroxylation is 1.